The summed E-state index contributed by atoms with van der Waals surface area (Å²) in [5.74, 6) is 0.506. The van der Waals surface area contributed by atoms with Crippen LogP contribution in [0.25, 0.3) is 11.0 Å². The molecule has 8 nitrogen and oxygen atoms in total. The molecule has 0 amide bonds. The lowest BCUT2D eigenvalue weighted by molar-refractivity contribution is 0.276. The number of fused-ring (bicyclic) bond motifs is 1. The van der Waals surface area contributed by atoms with E-state index in [2.05, 4.69) is 0 Å². The van der Waals surface area contributed by atoms with Crippen molar-refractivity contribution in [3.63, 3.8) is 0 Å². The molecule has 10 heteroatoms. The van der Waals surface area contributed by atoms with Crippen LogP contribution in [0.2, 0.25) is 0 Å². The average Bonchev–Trinajstić information content (AvgIpc) is 3.08. The van der Waals surface area contributed by atoms with E-state index in [4.69, 9.17) is 19.5 Å². The number of aryl methyl sites for hydroxylation is 2. The first-order chi connectivity index (χ1) is 15.2. The van der Waals surface area contributed by atoms with Crippen LogP contribution in [0.5, 0.6) is 5.75 Å². The van der Waals surface area contributed by atoms with Crippen molar-refractivity contribution in [1.29, 1.82) is 0 Å². The topological polar surface area (TPSA) is 125 Å². The summed E-state index contributed by atoms with van der Waals surface area (Å²) >= 11 is 0. The molecule has 0 radical (unpaired) electrons. The molecule has 0 atom stereocenters. The largest absolute Gasteiger partial charge is 0.489 e. The number of nitrogens with two attached hydrogens (primary N) is 1. The highest BCUT2D eigenvalue weighted by Crippen LogP contribution is 2.20. The fourth-order valence-corrected chi connectivity index (χ4v) is 3.09. The van der Waals surface area contributed by atoms with Gasteiger partial charge >= 0.3 is 0 Å². The van der Waals surface area contributed by atoms with Gasteiger partial charge in [-0.25, -0.2) is 4.39 Å². The maximum absolute atomic E-state index is 12.4. The monoisotopic (exact) mass is 466 g/mol. The first-order valence-electron chi connectivity index (χ1n) is 9.98. The Bertz CT molecular complexity index is 1210. The molecule has 0 aliphatic rings. The van der Waals surface area contributed by atoms with E-state index in [1.807, 2.05) is 13.8 Å². The van der Waals surface area contributed by atoms with Crippen molar-refractivity contribution < 1.29 is 26.6 Å². The molecule has 3 N–H and O–H groups in total. The first-order valence-corrected chi connectivity index (χ1v) is 11.4. The Morgan fingerprint density at radius 1 is 1.25 bits per heavy atom. The van der Waals surface area contributed by atoms with Gasteiger partial charge in [0.05, 0.1) is 23.2 Å². The zero-order chi connectivity index (χ0) is 23.7. The molecule has 3 rings (SSSR count). The summed E-state index contributed by atoms with van der Waals surface area (Å²) < 4.78 is 54.2. The second-order valence-corrected chi connectivity index (χ2v) is 8.48. The molecule has 2 aromatic carbocycles. The Balaban J connectivity index is 0.000000278. The van der Waals surface area contributed by atoms with Gasteiger partial charge in [-0.1, -0.05) is 31.0 Å². The lowest BCUT2D eigenvalue weighted by Gasteiger charge is -2.06. The number of benzene rings is 2. The van der Waals surface area contributed by atoms with Crippen molar-refractivity contribution in [2.45, 2.75) is 38.1 Å². The molecule has 3 aromatic rings. The van der Waals surface area contributed by atoms with Gasteiger partial charge in [0.25, 0.3) is 15.7 Å². The molecule has 0 spiro atoms. The SMILES string of the molecule is CCCCn1oc2cc(OC/C(=C/F)CN)ccc2c1=O.Cc1ccc(S(=O)(=O)O)cc1. The standard InChI is InChI=1S/C15H19FN2O3.C7H8O3S/c1-2-3-6-18-15(19)13-5-4-12(7-14(13)21-18)20-10-11(8-16)9-17;1-6-2-4-7(5-3-6)11(8,9)10/h4-5,7-8H,2-3,6,9-10,17H2,1H3;2-5H,1H3,(H,8,9,10)/b11-8+;. The van der Waals surface area contributed by atoms with Gasteiger partial charge in [-0.3, -0.25) is 9.35 Å². The average molecular weight is 467 g/mol. The van der Waals surface area contributed by atoms with Crippen molar-refractivity contribution in [3.05, 3.63) is 70.3 Å². The molecule has 0 saturated carbocycles. The van der Waals surface area contributed by atoms with Gasteiger partial charge in [0.15, 0.2) is 5.58 Å². The van der Waals surface area contributed by atoms with E-state index in [0.717, 1.165) is 18.4 Å². The number of nitrogens with zero attached hydrogens (tertiary/aromatic N) is 1. The Hall–Kier alpha value is -2.95. The van der Waals surface area contributed by atoms with Crippen LogP contribution in [-0.4, -0.2) is 30.9 Å². The smallest absolute Gasteiger partial charge is 0.294 e. The molecule has 0 saturated heterocycles. The number of unbranched alkanes of at least 4 members (excludes halogenated alkanes) is 1. The van der Waals surface area contributed by atoms with E-state index in [9.17, 15) is 17.6 Å². The van der Waals surface area contributed by atoms with Crippen LogP contribution in [0.15, 0.2) is 68.6 Å². The van der Waals surface area contributed by atoms with Crippen molar-refractivity contribution in [1.82, 2.24) is 4.74 Å². The summed E-state index contributed by atoms with van der Waals surface area (Å²) in [6.45, 7) is 4.61. The molecular formula is C22H27FN2O6S. The summed E-state index contributed by atoms with van der Waals surface area (Å²) in [6, 6.07) is 10.9. The van der Waals surface area contributed by atoms with E-state index in [1.54, 1.807) is 30.3 Å². The van der Waals surface area contributed by atoms with E-state index >= 15 is 0 Å². The lowest BCUT2D eigenvalue weighted by atomic mass is 10.2. The highest BCUT2D eigenvalue weighted by molar-refractivity contribution is 7.85. The first kappa shape index (κ1) is 25.3. The van der Waals surface area contributed by atoms with Gasteiger partial charge in [-0.15, -0.1) is 0 Å². The van der Waals surface area contributed by atoms with Crippen molar-refractivity contribution in [3.8, 4) is 5.75 Å². The fourth-order valence-electron chi connectivity index (χ4n) is 2.61. The molecule has 0 unspecified atom stereocenters. The molecular weight excluding hydrogens is 439 g/mol. The molecule has 32 heavy (non-hydrogen) atoms. The van der Waals surface area contributed by atoms with Crippen LogP contribution in [0.3, 0.4) is 0 Å². The zero-order valence-electron chi connectivity index (χ0n) is 18.0. The highest BCUT2D eigenvalue weighted by atomic mass is 32.2. The number of hydrogen-bond acceptors (Lipinski definition) is 6. The normalized spacial score (nSPS) is 11.8. The van der Waals surface area contributed by atoms with Gasteiger partial charge in [-0.2, -0.15) is 13.2 Å². The van der Waals surface area contributed by atoms with Crippen molar-refractivity contribution in [2.24, 2.45) is 5.73 Å². The van der Waals surface area contributed by atoms with E-state index in [0.29, 0.717) is 35.2 Å². The molecule has 0 aliphatic heterocycles. The minimum Gasteiger partial charge on any atom is -0.489 e. The third-order valence-corrected chi connectivity index (χ3v) is 5.36. The minimum atomic E-state index is -4.02. The second-order valence-electron chi connectivity index (χ2n) is 7.06. The van der Waals surface area contributed by atoms with Gasteiger partial charge in [0.1, 0.15) is 12.4 Å². The van der Waals surface area contributed by atoms with Crippen molar-refractivity contribution in [2.75, 3.05) is 13.2 Å². The number of hydrogen-bond donors (Lipinski definition) is 2. The quantitative estimate of drug-likeness (QED) is 0.483. The highest BCUT2D eigenvalue weighted by Gasteiger charge is 2.10. The summed E-state index contributed by atoms with van der Waals surface area (Å²) in [4.78, 5) is 12.0. The molecule has 1 heterocycles. The van der Waals surface area contributed by atoms with Crippen LogP contribution >= 0.6 is 0 Å². The van der Waals surface area contributed by atoms with Gasteiger partial charge in [-0.05, 0) is 37.6 Å². The third kappa shape index (κ3) is 7.04. The Kier molecular flexibility index (Phi) is 9.18. The Morgan fingerprint density at radius 2 is 1.94 bits per heavy atom. The molecule has 1 aromatic heterocycles. The maximum atomic E-state index is 12.4. The second kappa shape index (κ2) is 11.6. The predicted molar refractivity (Wildman–Crippen MR) is 120 cm³/mol. The van der Waals surface area contributed by atoms with Gasteiger partial charge < -0.3 is 15.0 Å². The van der Waals surface area contributed by atoms with Gasteiger partial charge in [0, 0.05) is 18.2 Å². The minimum absolute atomic E-state index is 0.0666. The summed E-state index contributed by atoms with van der Waals surface area (Å²) in [5.41, 5.74) is 6.99. The van der Waals surface area contributed by atoms with Crippen LogP contribution in [0, 0.1) is 6.92 Å². The van der Waals surface area contributed by atoms with Crippen LogP contribution < -0.4 is 16.0 Å². The molecule has 0 bridgehead atoms. The van der Waals surface area contributed by atoms with Crippen molar-refractivity contribution >= 4 is 21.1 Å². The fraction of sp³-hybridized carbons (Fsp3) is 0.318. The number of halogens is 1. The van der Waals surface area contributed by atoms with E-state index < -0.39 is 10.1 Å². The third-order valence-electron chi connectivity index (χ3n) is 4.49. The zero-order valence-corrected chi connectivity index (χ0v) is 18.8. The van der Waals surface area contributed by atoms with Gasteiger partial charge in [0.2, 0.25) is 0 Å². The number of rotatable bonds is 8. The van der Waals surface area contributed by atoms with Crippen LogP contribution in [0.4, 0.5) is 4.39 Å². The maximum Gasteiger partial charge on any atom is 0.294 e. The Labute approximate surface area is 185 Å². The van der Waals surface area contributed by atoms with Crippen LogP contribution in [-0.2, 0) is 16.7 Å². The van der Waals surface area contributed by atoms with E-state index in [-0.39, 0.29) is 23.6 Å². The molecule has 0 fully saturated rings. The number of ether oxygens (including phenoxy) is 1. The summed E-state index contributed by atoms with van der Waals surface area (Å²) in [6.07, 6.45) is 2.30. The summed E-state index contributed by atoms with van der Waals surface area (Å²) in [5, 5.41) is 0.513. The lowest BCUT2D eigenvalue weighted by Crippen LogP contribution is -2.13. The predicted octanol–water partition coefficient (Wildman–Crippen LogP) is 3.83. The summed E-state index contributed by atoms with van der Waals surface area (Å²) in [7, 11) is -4.02. The number of aromatic nitrogens is 1. The van der Waals surface area contributed by atoms with Crippen LogP contribution in [0.1, 0.15) is 25.3 Å². The molecule has 0 aliphatic carbocycles. The molecule has 174 valence electrons. The van der Waals surface area contributed by atoms with E-state index in [1.165, 1.54) is 16.9 Å². The Morgan fingerprint density at radius 3 is 2.50 bits per heavy atom.